The van der Waals surface area contributed by atoms with Crippen LogP contribution in [0.1, 0.15) is 19.8 Å². The Hall–Kier alpha value is -0.660. The van der Waals surface area contributed by atoms with Crippen LogP contribution in [0.5, 0.6) is 5.75 Å². The number of ether oxygens (including phenoxy) is 1. The molecule has 1 fully saturated rings. The van der Waals surface area contributed by atoms with E-state index < -0.39 is 0 Å². The Morgan fingerprint density at radius 3 is 2.73 bits per heavy atom. The minimum atomic E-state index is -0.238. The molecule has 7 heteroatoms. The summed E-state index contributed by atoms with van der Waals surface area (Å²) in [6.07, 6.45) is 2.22. The number of hydrogen-bond acceptors (Lipinski definition) is 3. The molecule has 2 rings (SSSR count). The van der Waals surface area contributed by atoms with E-state index in [1.54, 1.807) is 6.07 Å². The first-order valence-corrected chi connectivity index (χ1v) is 9.11. The molecule has 0 unspecified atom stereocenters. The second-order valence-corrected chi connectivity index (χ2v) is 7.54. The molecule has 120 valence electrons. The third-order valence-electron chi connectivity index (χ3n) is 3.57. The summed E-state index contributed by atoms with van der Waals surface area (Å²) in [5.41, 5.74) is 0. The summed E-state index contributed by atoms with van der Waals surface area (Å²) in [5, 5.41) is 3.23. The predicted octanol–water partition coefficient (Wildman–Crippen LogP) is 3.72. The van der Waals surface area contributed by atoms with Crippen LogP contribution in [0.15, 0.2) is 27.1 Å². The van der Waals surface area contributed by atoms with Gasteiger partial charge in [-0.1, -0.05) is 22.9 Å². The Morgan fingerprint density at radius 2 is 2.09 bits per heavy atom. The first-order valence-electron chi connectivity index (χ1n) is 7.12. The zero-order chi connectivity index (χ0) is 16.1. The second-order valence-electron chi connectivity index (χ2n) is 5.39. The molecule has 1 amide bonds. The summed E-state index contributed by atoms with van der Waals surface area (Å²) in [4.78, 5) is 14.0. The fourth-order valence-electron chi connectivity index (χ4n) is 2.18. The fourth-order valence-corrected chi connectivity index (χ4v) is 3.64. The summed E-state index contributed by atoms with van der Waals surface area (Å²) in [6.45, 7) is 3.98. The van der Waals surface area contributed by atoms with Gasteiger partial charge in [0.15, 0.2) is 11.7 Å². The van der Waals surface area contributed by atoms with E-state index in [4.69, 9.17) is 17.0 Å². The number of carbonyl (C=O) groups is 1. The number of carbonyl (C=O) groups excluding carboxylic acids is 1. The first-order chi connectivity index (χ1) is 10.5. The van der Waals surface area contributed by atoms with Crippen molar-refractivity contribution in [1.29, 1.82) is 0 Å². The highest BCUT2D eigenvalue weighted by Crippen LogP contribution is 2.28. The average molecular weight is 450 g/mol. The Balaban J connectivity index is 1.79. The van der Waals surface area contributed by atoms with Crippen molar-refractivity contribution in [2.45, 2.75) is 19.8 Å². The van der Waals surface area contributed by atoms with Crippen molar-refractivity contribution in [3.63, 3.8) is 0 Å². The molecule has 0 atom stereocenters. The fraction of sp³-hybridized carbons (Fsp3) is 0.467. The number of hydrogen-bond donors (Lipinski definition) is 1. The van der Waals surface area contributed by atoms with E-state index in [0.717, 1.165) is 40.8 Å². The van der Waals surface area contributed by atoms with Gasteiger partial charge in [0.25, 0.3) is 5.91 Å². The molecular weight excluding hydrogens is 432 g/mol. The van der Waals surface area contributed by atoms with Crippen molar-refractivity contribution in [3.8, 4) is 5.75 Å². The number of nitrogens with zero attached hydrogens (tertiary/aromatic N) is 1. The lowest BCUT2D eigenvalue weighted by atomic mass is 10.00. The molecule has 0 bridgehead atoms. The quantitative estimate of drug-likeness (QED) is 0.714. The molecule has 1 saturated heterocycles. The van der Waals surface area contributed by atoms with Gasteiger partial charge in [0.1, 0.15) is 5.75 Å². The summed E-state index contributed by atoms with van der Waals surface area (Å²) in [6, 6.07) is 5.52. The van der Waals surface area contributed by atoms with Crippen LogP contribution in [-0.4, -0.2) is 35.6 Å². The number of rotatable bonds is 3. The van der Waals surface area contributed by atoms with Gasteiger partial charge in [0.2, 0.25) is 0 Å². The average Bonchev–Trinajstić information content (AvgIpc) is 2.47. The SMILES string of the molecule is CC1CCN(C(=S)NC(=O)COc2ccc(Br)cc2Br)CC1. The van der Waals surface area contributed by atoms with Crippen molar-refractivity contribution in [3.05, 3.63) is 27.1 Å². The van der Waals surface area contributed by atoms with Gasteiger partial charge in [0, 0.05) is 17.6 Å². The molecule has 1 heterocycles. The Kier molecular flexibility index (Phi) is 6.65. The van der Waals surface area contributed by atoms with Crippen molar-refractivity contribution in [2.24, 2.45) is 5.92 Å². The normalized spacial score (nSPS) is 15.5. The Labute approximate surface area is 152 Å². The van der Waals surface area contributed by atoms with Gasteiger partial charge >= 0.3 is 0 Å². The summed E-state index contributed by atoms with van der Waals surface area (Å²) in [7, 11) is 0. The van der Waals surface area contributed by atoms with Gasteiger partial charge in [-0.3, -0.25) is 4.79 Å². The predicted molar refractivity (Wildman–Crippen MR) is 98.0 cm³/mol. The molecule has 4 nitrogen and oxygen atoms in total. The van der Waals surface area contributed by atoms with Crippen molar-refractivity contribution < 1.29 is 9.53 Å². The van der Waals surface area contributed by atoms with Gasteiger partial charge in [0.05, 0.1) is 4.47 Å². The number of halogens is 2. The van der Waals surface area contributed by atoms with E-state index in [0.29, 0.717) is 10.9 Å². The van der Waals surface area contributed by atoms with Crippen LogP contribution in [0, 0.1) is 5.92 Å². The molecule has 0 radical (unpaired) electrons. The minimum absolute atomic E-state index is 0.0649. The molecule has 22 heavy (non-hydrogen) atoms. The third-order valence-corrected chi connectivity index (χ3v) is 5.04. The highest BCUT2D eigenvalue weighted by Gasteiger charge is 2.19. The Bertz CT molecular complexity index is 560. The number of piperidine rings is 1. The highest BCUT2D eigenvalue weighted by molar-refractivity contribution is 9.11. The number of amides is 1. The molecule has 0 spiro atoms. The molecule has 1 aromatic carbocycles. The van der Waals surface area contributed by atoms with Gasteiger partial charge in [-0.15, -0.1) is 0 Å². The molecule has 0 aromatic heterocycles. The zero-order valence-electron chi connectivity index (χ0n) is 12.3. The molecule has 1 N–H and O–H groups in total. The Morgan fingerprint density at radius 1 is 1.41 bits per heavy atom. The largest absolute Gasteiger partial charge is 0.483 e. The molecule has 1 aromatic rings. The lowest BCUT2D eigenvalue weighted by Gasteiger charge is -2.32. The molecular formula is C15H18Br2N2O2S. The van der Waals surface area contributed by atoms with Crippen LogP contribution in [0.2, 0.25) is 0 Å². The lowest BCUT2D eigenvalue weighted by molar-refractivity contribution is -0.121. The van der Waals surface area contributed by atoms with E-state index in [-0.39, 0.29) is 12.5 Å². The maximum Gasteiger partial charge on any atom is 0.264 e. The second kappa shape index (κ2) is 8.26. The van der Waals surface area contributed by atoms with Crippen molar-refractivity contribution >= 4 is 55.1 Å². The number of benzene rings is 1. The molecule has 1 aliphatic rings. The number of nitrogens with one attached hydrogen (secondary N) is 1. The maximum atomic E-state index is 11.9. The standard InChI is InChI=1S/C15H18Br2N2O2S/c1-10-4-6-19(7-5-10)15(22)18-14(20)9-21-13-3-2-11(16)8-12(13)17/h2-3,8,10H,4-7,9H2,1H3,(H,18,20,22). The summed E-state index contributed by atoms with van der Waals surface area (Å²) < 4.78 is 7.24. The van der Waals surface area contributed by atoms with Crippen LogP contribution in [0.3, 0.4) is 0 Å². The molecule has 0 saturated carbocycles. The van der Waals surface area contributed by atoms with Gasteiger partial charge in [-0.2, -0.15) is 0 Å². The van der Waals surface area contributed by atoms with Crippen molar-refractivity contribution in [1.82, 2.24) is 10.2 Å². The summed E-state index contributed by atoms with van der Waals surface area (Å²) >= 11 is 12.1. The van der Waals surface area contributed by atoms with Crippen LogP contribution in [0.25, 0.3) is 0 Å². The van der Waals surface area contributed by atoms with Gasteiger partial charge < -0.3 is 15.0 Å². The smallest absolute Gasteiger partial charge is 0.264 e. The van der Waals surface area contributed by atoms with Crippen LogP contribution < -0.4 is 10.1 Å². The number of thiocarbonyl (C=S) groups is 1. The number of likely N-dealkylation sites (tertiary alicyclic amines) is 1. The monoisotopic (exact) mass is 448 g/mol. The maximum absolute atomic E-state index is 11.9. The minimum Gasteiger partial charge on any atom is -0.483 e. The van der Waals surface area contributed by atoms with E-state index in [1.165, 1.54) is 0 Å². The van der Waals surface area contributed by atoms with Crippen LogP contribution in [-0.2, 0) is 4.79 Å². The molecule has 1 aliphatic heterocycles. The highest BCUT2D eigenvalue weighted by atomic mass is 79.9. The van der Waals surface area contributed by atoms with Gasteiger partial charge in [-0.25, -0.2) is 0 Å². The van der Waals surface area contributed by atoms with Gasteiger partial charge in [-0.05, 0) is 65.1 Å². The molecule has 0 aliphatic carbocycles. The zero-order valence-corrected chi connectivity index (χ0v) is 16.3. The van der Waals surface area contributed by atoms with E-state index >= 15 is 0 Å². The summed E-state index contributed by atoms with van der Waals surface area (Å²) in [5.74, 6) is 1.11. The topological polar surface area (TPSA) is 41.6 Å². The van der Waals surface area contributed by atoms with Crippen molar-refractivity contribution in [2.75, 3.05) is 19.7 Å². The van der Waals surface area contributed by atoms with Crippen LogP contribution in [0.4, 0.5) is 0 Å². The lowest BCUT2D eigenvalue weighted by Crippen LogP contribution is -2.47. The first kappa shape index (κ1) is 17.7. The van der Waals surface area contributed by atoms with Crippen LogP contribution >= 0.6 is 44.1 Å². The third kappa shape index (κ3) is 5.21. The van der Waals surface area contributed by atoms with E-state index in [1.807, 2.05) is 17.0 Å². The van der Waals surface area contributed by atoms with E-state index in [9.17, 15) is 4.79 Å². The van der Waals surface area contributed by atoms with E-state index in [2.05, 4.69) is 44.1 Å².